The van der Waals surface area contributed by atoms with Crippen LogP contribution in [0.2, 0.25) is 0 Å². The lowest BCUT2D eigenvalue weighted by molar-refractivity contribution is 0.0958. The third kappa shape index (κ3) is 4.21. The molecule has 6 nitrogen and oxygen atoms in total. The van der Waals surface area contributed by atoms with E-state index in [0.717, 1.165) is 55.5 Å². The van der Waals surface area contributed by atoms with Gasteiger partial charge in [-0.2, -0.15) is 0 Å². The van der Waals surface area contributed by atoms with Crippen LogP contribution < -0.4 is 10.6 Å². The number of nitrogens with zero attached hydrogens (tertiary/aromatic N) is 2. The first-order valence-corrected chi connectivity index (χ1v) is 9.87. The minimum atomic E-state index is -0.0675. The van der Waals surface area contributed by atoms with Gasteiger partial charge in [0.15, 0.2) is 0 Å². The lowest BCUT2D eigenvalue weighted by Gasteiger charge is -2.17. The van der Waals surface area contributed by atoms with Crippen molar-refractivity contribution in [3.63, 3.8) is 0 Å². The first-order chi connectivity index (χ1) is 12.9. The van der Waals surface area contributed by atoms with Crippen LogP contribution in [0.25, 0.3) is 11.1 Å². The second kappa shape index (κ2) is 7.08. The van der Waals surface area contributed by atoms with Crippen LogP contribution in [0.1, 0.15) is 67.7 Å². The molecule has 27 heavy (non-hydrogen) atoms. The van der Waals surface area contributed by atoms with Gasteiger partial charge in [0.1, 0.15) is 0 Å². The molecule has 4 rings (SSSR count). The topological polar surface area (TPSA) is 80.0 Å². The maximum atomic E-state index is 13.1. The van der Waals surface area contributed by atoms with Crippen molar-refractivity contribution in [3.05, 3.63) is 34.7 Å². The standard InChI is InChI=1S/C21H28N4O2/c1-21(2,3)11-17-18-15(19(26)23-12-13-6-8-22-9-7-13)10-16(14-4-5-14)24-20(18)27-25-17/h6,10,14,22H,4-5,7-9,11-12H2,1-3H3,(H,23,26). The fourth-order valence-electron chi connectivity index (χ4n) is 3.54. The SMILES string of the molecule is CC(C)(C)Cc1noc2nc(C3CC3)cc(C(=O)NCC3=CCNCC3)c12. The van der Waals surface area contributed by atoms with Gasteiger partial charge in [-0.1, -0.05) is 37.6 Å². The van der Waals surface area contributed by atoms with Crippen LogP contribution in [-0.4, -0.2) is 35.7 Å². The summed E-state index contributed by atoms with van der Waals surface area (Å²) < 4.78 is 5.54. The minimum Gasteiger partial charge on any atom is -0.348 e. The molecule has 0 unspecified atom stereocenters. The summed E-state index contributed by atoms with van der Waals surface area (Å²) in [6.45, 7) is 8.89. The lowest BCUT2D eigenvalue weighted by atomic mass is 9.89. The number of nitrogens with one attached hydrogen (secondary N) is 2. The van der Waals surface area contributed by atoms with Crippen LogP contribution >= 0.6 is 0 Å². The summed E-state index contributed by atoms with van der Waals surface area (Å²) >= 11 is 0. The van der Waals surface area contributed by atoms with E-state index in [9.17, 15) is 4.79 Å². The third-order valence-corrected chi connectivity index (χ3v) is 5.11. The maximum absolute atomic E-state index is 13.1. The summed E-state index contributed by atoms with van der Waals surface area (Å²) in [5.74, 6) is 0.381. The summed E-state index contributed by atoms with van der Waals surface area (Å²) in [6.07, 6.45) is 6.13. The lowest BCUT2D eigenvalue weighted by Crippen LogP contribution is -2.30. The Hall–Kier alpha value is -2.21. The molecule has 6 heteroatoms. The molecule has 1 fully saturated rings. The van der Waals surface area contributed by atoms with Crippen molar-refractivity contribution in [1.82, 2.24) is 20.8 Å². The quantitative estimate of drug-likeness (QED) is 0.791. The van der Waals surface area contributed by atoms with Crippen molar-refractivity contribution >= 4 is 17.0 Å². The minimum absolute atomic E-state index is 0.0482. The van der Waals surface area contributed by atoms with Gasteiger partial charge in [0.05, 0.1) is 16.6 Å². The fraction of sp³-hybridized carbons (Fsp3) is 0.571. The van der Waals surface area contributed by atoms with Crippen molar-refractivity contribution in [2.24, 2.45) is 5.41 Å². The second-order valence-electron chi connectivity index (χ2n) is 8.91. The van der Waals surface area contributed by atoms with E-state index in [-0.39, 0.29) is 11.3 Å². The molecule has 0 spiro atoms. The number of aromatic nitrogens is 2. The van der Waals surface area contributed by atoms with E-state index in [0.29, 0.717) is 23.7 Å². The largest absolute Gasteiger partial charge is 0.348 e. The Balaban J connectivity index is 1.66. The first-order valence-electron chi connectivity index (χ1n) is 9.87. The normalized spacial score (nSPS) is 17.8. The number of fused-ring (bicyclic) bond motifs is 1. The Kier molecular flexibility index (Phi) is 4.76. The number of hydrogen-bond acceptors (Lipinski definition) is 5. The Bertz CT molecular complexity index is 887. The van der Waals surface area contributed by atoms with Gasteiger partial charge in [-0.05, 0) is 43.7 Å². The highest BCUT2D eigenvalue weighted by atomic mass is 16.5. The third-order valence-electron chi connectivity index (χ3n) is 5.11. The first kappa shape index (κ1) is 18.2. The predicted octanol–water partition coefficient (Wildman–Crippen LogP) is 3.34. The molecule has 0 bridgehead atoms. The molecule has 2 aliphatic rings. The van der Waals surface area contributed by atoms with Gasteiger partial charge >= 0.3 is 0 Å². The van der Waals surface area contributed by atoms with Crippen LogP contribution in [0.4, 0.5) is 0 Å². The van der Waals surface area contributed by atoms with E-state index in [2.05, 4.69) is 47.6 Å². The Morgan fingerprint density at radius 3 is 2.85 bits per heavy atom. The van der Waals surface area contributed by atoms with E-state index in [1.165, 1.54) is 5.57 Å². The molecule has 0 saturated heterocycles. The van der Waals surface area contributed by atoms with Gasteiger partial charge < -0.3 is 15.2 Å². The monoisotopic (exact) mass is 368 g/mol. The summed E-state index contributed by atoms with van der Waals surface area (Å²) in [5.41, 5.74) is 4.23. The molecule has 0 atom stereocenters. The Labute approximate surface area is 159 Å². The average molecular weight is 368 g/mol. The molecule has 1 amide bonds. The van der Waals surface area contributed by atoms with Crippen LogP contribution in [0.3, 0.4) is 0 Å². The molecule has 144 valence electrons. The zero-order chi connectivity index (χ0) is 19.0. The summed E-state index contributed by atoms with van der Waals surface area (Å²) in [7, 11) is 0. The fourth-order valence-corrected chi connectivity index (χ4v) is 3.54. The molecule has 2 N–H and O–H groups in total. The second-order valence-corrected chi connectivity index (χ2v) is 8.91. The van der Waals surface area contributed by atoms with Gasteiger partial charge in [-0.3, -0.25) is 4.79 Å². The molecular formula is C21H28N4O2. The van der Waals surface area contributed by atoms with E-state index >= 15 is 0 Å². The van der Waals surface area contributed by atoms with Crippen LogP contribution in [0, 0.1) is 5.41 Å². The molecule has 1 saturated carbocycles. The molecule has 1 aliphatic carbocycles. The molecule has 3 heterocycles. The van der Waals surface area contributed by atoms with Crippen molar-refractivity contribution in [3.8, 4) is 0 Å². The van der Waals surface area contributed by atoms with Crippen LogP contribution in [0.5, 0.6) is 0 Å². The van der Waals surface area contributed by atoms with Gasteiger partial charge in [0, 0.05) is 24.7 Å². The van der Waals surface area contributed by atoms with Crippen molar-refractivity contribution in [1.29, 1.82) is 0 Å². The van der Waals surface area contributed by atoms with Gasteiger partial charge in [0.2, 0.25) is 0 Å². The van der Waals surface area contributed by atoms with E-state index < -0.39 is 0 Å². The smallest absolute Gasteiger partial charge is 0.259 e. The summed E-state index contributed by atoms with van der Waals surface area (Å²) in [5, 5.41) is 11.4. The number of hydrogen-bond donors (Lipinski definition) is 2. The van der Waals surface area contributed by atoms with E-state index in [1.54, 1.807) is 0 Å². The van der Waals surface area contributed by atoms with Crippen molar-refractivity contribution in [2.75, 3.05) is 19.6 Å². The number of carbonyl (C=O) groups excluding carboxylic acids is 1. The van der Waals surface area contributed by atoms with Gasteiger partial charge in [0.25, 0.3) is 11.6 Å². The molecule has 2 aromatic heterocycles. The van der Waals surface area contributed by atoms with Crippen LogP contribution in [-0.2, 0) is 6.42 Å². The predicted molar refractivity (Wildman–Crippen MR) is 105 cm³/mol. The number of amides is 1. The van der Waals surface area contributed by atoms with Crippen molar-refractivity contribution < 1.29 is 9.32 Å². The van der Waals surface area contributed by atoms with E-state index in [1.807, 2.05) is 6.07 Å². The molecule has 0 aromatic carbocycles. The molecule has 1 aliphatic heterocycles. The molecular weight excluding hydrogens is 340 g/mol. The van der Waals surface area contributed by atoms with Gasteiger partial charge in [-0.25, -0.2) is 4.98 Å². The highest BCUT2D eigenvalue weighted by molar-refractivity contribution is 6.06. The molecule has 2 aromatic rings. The summed E-state index contributed by atoms with van der Waals surface area (Å²) in [4.78, 5) is 17.7. The van der Waals surface area contributed by atoms with Crippen LogP contribution in [0.15, 0.2) is 22.2 Å². The highest BCUT2D eigenvalue weighted by Crippen LogP contribution is 2.40. The number of carbonyl (C=O) groups is 1. The Morgan fingerprint density at radius 1 is 1.37 bits per heavy atom. The van der Waals surface area contributed by atoms with Crippen molar-refractivity contribution in [2.45, 2.75) is 52.4 Å². The van der Waals surface area contributed by atoms with E-state index in [4.69, 9.17) is 4.52 Å². The summed E-state index contributed by atoms with van der Waals surface area (Å²) in [6, 6.07) is 1.95. The number of pyridine rings is 1. The highest BCUT2D eigenvalue weighted by Gasteiger charge is 2.30. The molecule has 0 radical (unpaired) electrons. The van der Waals surface area contributed by atoms with Gasteiger partial charge in [-0.15, -0.1) is 0 Å². The zero-order valence-corrected chi connectivity index (χ0v) is 16.4. The Morgan fingerprint density at radius 2 is 2.19 bits per heavy atom. The zero-order valence-electron chi connectivity index (χ0n) is 16.4. The number of rotatable bonds is 5. The maximum Gasteiger partial charge on any atom is 0.259 e. The average Bonchev–Trinajstić information content (AvgIpc) is 3.41.